The van der Waals surface area contributed by atoms with Crippen molar-refractivity contribution in [3.63, 3.8) is 0 Å². The van der Waals surface area contributed by atoms with Crippen LogP contribution in [0.25, 0.3) is 0 Å². The largest absolute Gasteiger partial charge is 0.380 e. The van der Waals surface area contributed by atoms with Gasteiger partial charge in [-0.1, -0.05) is 0 Å². The predicted octanol–water partition coefficient (Wildman–Crippen LogP) is 0.869. The van der Waals surface area contributed by atoms with Crippen LogP contribution in [0.4, 0.5) is 0 Å². The maximum absolute atomic E-state index is 11.6. The number of hydrogen-bond donors (Lipinski definition) is 1. The van der Waals surface area contributed by atoms with E-state index >= 15 is 0 Å². The molecule has 90 valence electrons. The molecule has 4 nitrogen and oxygen atoms in total. The Labute approximate surface area is 93.0 Å². The highest BCUT2D eigenvalue weighted by Crippen LogP contribution is 1.93. The number of amides is 1. The molecule has 0 aliphatic heterocycles. The Morgan fingerprint density at radius 1 is 1.40 bits per heavy atom. The van der Waals surface area contributed by atoms with Crippen LogP contribution in [0.3, 0.4) is 0 Å². The highest BCUT2D eigenvalue weighted by molar-refractivity contribution is 5.76. The Balaban J connectivity index is 3.54. The van der Waals surface area contributed by atoms with Gasteiger partial charge in [0.1, 0.15) is 0 Å². The maximum atomic E-state index is 11.6. The SMILES string of the molecule is CCN(CC)C(=O)CCNCC(C)OC. The minimum atomic E-state index is 0.202. The lowest BCUT2D eigenvalue weighted by Crippen LogP contribution is -2.34. The molecule has 0 aromatic carbocycles. The molecule has 15 heavy (non-hydrogen) atoms. The molecule has 0 aliphatic carbocycles. The molecular weight excluding hydrogens is 192 g/mol. The summed E-state index contributed by atoms with van der Waals surface area (Å²) in [6, 6.07) is 0. The summed E-state index contributed by atoms with van der Waals surface area (Å²) in [5.41, 5.74) is 0. The van der Waals surface area contributed by atoms with Crippen LogP contribution in [0.1, 0.15) is 27.2 Å². The van der Waals surface area contributed by atoms with Gasteiger partial charge in [0.05, 0.1) is 6.10 Å². The molecule has 0 bridgehead atoms. The van der Waals surface area contributed by atoms with E-state index in [0.29, 0.717) is 6.42 Å². The van der Waals surface area contributed by atoms with E-state index in [1.165, 1.54) is 0 Å². The van der Waals surface area contributed by atoms with Gasteiger partial charge in [0.25, 0.3) is 0 Å². The van der Waals surface area contributed by atoms with Crippen LogP contribution >= 0.6 is 0 Å². The number of rotatable bonds is 8. The van der Waals surface area contributed by atoms with Gasteiger partial charge in [0.15, 0.2) is 0 Å². The first-order valence-corrected chi connectivity index (χ1v) is 5.66. The van der Waals surface area contributed by atoms with Crippen LogP contribution in [0.5, 0.6) is 0 Å². The third kappa shape index (κ3) is 6.47. The minimum Gasteiger partial charge on any atom is -0.380 e. The van der Waals surface area contributed by atoms with Gasteiger partial charge in [-0.2, -0.15) is 0 Å². The van der Waals surface area contributed by atoms with Crippen molar-refractivity contribution < 1.29 is 9.53 Å². The van der Waals surface area contributed by atoms with Gasteiger partial charge in [-0.05, 0) is 20.8 Å². The fraction of sp³-hybridized carbons (Fsp3) is 0.909. The van der Waals surface area contributed by atoms with Crippen molar-refractivity contribution in [2.45, 2.75) is 33.3 Å². The number of nitrogens with zero attached hydrogens (tertiary/aromatic N) is 1. The van der Waals surface area contributed by atoms with Crippen LogP contribution in [0, 0.1) is 0 Å². The maximum Gasteiger partial charge on any atom is 0.223 e. The van der Waals surface area contributed by atoms with Gasteiger partial charge in [-0.25, -0.2) is 0 Å². The van der Waals surface area contributed by atoms with Gasteiger partial charge in [-0.15, -0.1) is 0 Å². The second-order valence-electron chi connectivity index (χ2n) is 3.57. The van der Waals surface area contributed by atoms with Crippen molar-refractivity contribution >= 4 is 5.91 Å². The molecule has 0 fully saturated rings. The monoisotopic (exact) mass is 216 g/mol. The topological polar surface area (TPSA) is 41.6 Å². The van der Waals surface area contributed by atoms with Crippen molar-refractivity contribution in [1.29, 1.82) is 0 Å². The summed E-state index contributed by atoms with van der Waals surface area (Å²) in [4.78, 5) is 13.4. The number of carbonyl (C=O) groups is 1. The smallest absolute Gasteiger partial charge is 0.223 e. The minimum absolute atomic E-state index is 0.202. The summed E-state index contributed by atoms with van der Waals surface area (Å²) < 4.78 is 5.09. The third-order valence-corrected chi connectivity index (χ3v) is 2.47. The van der Waals surface area contributed by atoms with E-state index < -0.39 is 0 Å². The Morgan fingerprint density at radius 2 is 2.00 bits per heavy atom. The Morgan fingerprint density at radius 3 is 2.47 bits per heavy atom. The molecule has 0 saturated carbocycles. The molecule has 4 heteroatoms. The first-order valence-electron chi connectivity index (χ1n) is 5.66. The van der Waals surface area contributed by atoms with Crippen molar-refractivity contribution in [3.05, 3.63) is 0 Å². The molecule has 0 rings (SSSR count). The first-order chi connectivity index (χ1) is 7.15. The second-order valence-corrected chi connectivity index (χ2v) is 3.57. The lowest BCUT2D eigenvalue weighted by molar-refractivity contribution is -0.130. The average molecular weight is 216 g/mol. The zero-order valence-corrected chi connectivity index (χ0v) is 10.4. The number of hydrogen-bond acceptors (Lipinski definition) is 3. The van der Waals surface area contributed by atoms with Crippen LogP contribution < -0.4 is 5.32 Å². The lowest BCUT2D eigenvalue weighted by Gasteiger charge is -2.18. The fourth-order valence-corrected chi connectivity index (χ4v) is 1.32. The van der Waals surface area contributed by atoms with Crippen molar-refractivity contribution in [1.82, 2.24) is 10.2 Å². The van der Waals surface area contributed by atoms with Crippen molar-refractivity contribution in [3.8, 4) is 0 Å². The summed E-state index contributed by atoms with van der Waals surface area (Å²) in [6.07, 6.45) is 0.770. The normalized spacial score (nSPS) is 12.5. The fourth-order valence-electron chi connectivity index (χ4n) is 1.32. The first kappa shape index (κ1) is 14.4. The van der Waals surface area contributed by atoms with Gasteiger partial charge < -0.3 is 15.0 Å². The van der Waals surface area contributed by atoms with E-state index in [9.17, 15) is 4.79 Å². The highest BCUT2D eigenvalue weighted by atomic mass is 16.5. The molecule has 0 aliphatic rings. The predicted molar refractivity (Wildman–Crippen MR) is 61.9 cm³/mol. The Bertz CT molecular complexity index is 170. The van der Waals surface area contributed by atoms with E-state index in [0.717, 1.165) is 26.2 Å². The standard InChI is InChI=1S/C11H24N2O2/c1-5-13(6-2)11(14)7-8-12-9-10(3)15-4/h10,12H,5-9H2,1-4H3. The molecule has 0 heterocycles. The number of nitrogens with one attached hydrogen (secondary N) is 1. The van der Waals surface area contributed by atoms with Crippen LogP contribution in [-0.4, -0.2) is 50.2 Å². The van der Waals surface area contributed by atoms with E-state index in [2.05, 4.69) is 5.32 Å². The van der Waals surface area contributed by atoms with E-state index in [-0.39, 0.29) is 12.0 Å². The molecule has 0 aromatic rings. The number of carbonyl (C=O) groups excluding carboxylic acids is 1. The Hall–Kier alpha value is -0.610. The molecular formula is C11H24N2O2. The molecule has 0 aromatic heterocycles. The van der Waals surface area contributed by atoms with E-state index in [1.54, 1.807) is 7.11 Å². The summed E-state index contributed by atoms with van der Waals surface area (Å²) in [6.45, 7) is 9.11. The van der Waals surface area contributed by atoms with Gasteiger partial charge >= 0.3 is 0 Å². The number of methoxy groups -OCH3 is 1. The Kier molecular flexibility index (Phi) is 8.33. The molecule has 0 saturated heterocycles. The molecule has 1 atom stereocenters. The quantitative estimate of drug-likeness (QED) is 0.612. The zero-order chi connectivity index (χ0) is 11.7. The van der Waals surface area contributed by atoms with Gasteiger partial charge in [0.2, 0.25) is 5.91 Å². The summed E-state index contributed by atoms with van der Waals surface area (Å²) in [5, 5.41) is 3.20. The van der Waals surface area contributed by atoms with Gasteiger partial charge in [0, 0.05) is 39.7 Å². The molecule has 1 unspecified atom stereocenters. The summed E-state index contributed by atoms with van der Waals surface area (Å²) in [7, 11) is 1.69. The van der Waals surface area contributed by atoms with Crippen LogP contribution in [0.2, 0.25) is 0 Å². The molecule has 0 radical (unpaired) electrons. The van der Waals surface area contributed by atoms with Crippen LogP contribution in [-0.2, 0) is 9.53 Å². The van der Waals surface area contributed by atoms with Crippen LogP contribution in [0.15, 0.2) is 0 Å². The second kappa shape index (κ2) is 8.68. The van der Waals surface area contributed by atoms with E-state index in [1.807, 2.05) is 25.7 Å². The summed E-state index contributed by atoms with van der Waals surface area (Å²) in [5.74, 6) is 0.220. The van der Waals surface area contributed by atoms with E-state index in [4.69, 9.17) is 4.74 Å². The lowest BCUT2D eigenvalue weighted by atomic mass is 10.3. The zero-order valence-electron chi connectivity index (χ0n) is 10.4. The summed E-state index contributed by atoms with van der Waals surface area (Å²) >= 11 is 0. The van der Waals surface area contributed by atoms with Crippen molar-refractivity contribution in [2.75, 3.05) is 33.3 Å². The third-order valence-electron chi connectivity index (χ3n) is 2.47. The van der Waals surface area contributed by atoms with Crippen molar-refractivity contribution in [2.24, 2.45) is 0 Å². The molecule has 1 amide bonds. The number of ether oxygens (including phenoxy) is 1. The van der Waals surface area contributed by atoms with Gasteiger partial charge in [-0.3, -0.25) is 4.79 Å². The average Bonchev–Trinajstić information content (AvgIpc) is 2.25. The molecule has 1 N–H and O–H groups in total. The molecule has 0 spiro atoms. The highest BCUT2D eigenvalue weighted by Gasteiger charge is 2.08.